The van der Waals surface area contributed by atoms with Gasteiger partial charge in [0.2, 0.25) is 0 Å². The van der Waals surface area contributed by atoms with Gasteiger partial charge in [-0.1, -0.05) is 6.58 Å². The predicted molar refractivity (Wildman–Crippen MR) is 63.7 cm³/mol. The molecule has 0 aromatic rings. The maximum Gasteiger partial charge on any atom is 0.408 e. The van der Waals surface area contributed by atoms with Crippen molar-refractivity contribution in [3.05, 3.63) is 18.4 Å². The fourth-order valence-electron chi connectivity index (χ4n) is 1.08. The van der Waals surface area contributed by atoms with Crippen LogP contribution in [-0.2, 0) is 9.53 Å². The molecule has 5 nitrogen and oxygen atoms in total. The minimum Gasteiger partial charge on any atom is -0.481 e. The van der Waals surface area contributed by atoms with Gasteiger partial charge < -0.3 is 15.2 Å². The summed E-state index contributed by atoms with van der Waals surface area (Å²) < 4.78 is 5.06. The Bertz CT molecular complexity index is 324. The smallest absolute Gasteiger partial charge is 0.408 e. The summed E-state index contributed by atoms with van der Waals surface area (Å²) >= 11 is 0. The molecule has 0 saturated heterocycles. The molecular weight excluding hydrogens is 222 g/mol. The monoisotopic (exact) mass is 241 g/mol. The van der Waals surface area contributed by atoms with E-state index in [0.717, 1.165) is 0 Å². The van der Waals surface area contributed by atoms with Gasteiger partial charge in [-0.05, 0) is 33.3 Å². The highest BCUT2D eigenvalue weighted by atomic mass is 16.6. The van der Waals surface area contributed by atoms with Crippen molar-refractivity contribution in [1.82, 2.24) is 5.32 Å². The number of aliphatic carboxylic acids is 1. The molecule has 0 bridgehead atoms. The number of carboxylic acid groups (broad SMARTS) is 1. The zero-order valence-electron chi connectivity index (χ0n) is 10.4. The summed E-state index contributed by atoms with van der Waals surface area (Å²) in [7, 11) is 0. The molecule has 0 rings (SSSR count). The van der Waals surface area contributed by atoms with Crippen molar-refractivity contribution in [3.63, 3.8) is 0 Å². The Morgan fingerprint density at radius 3 is 2.53 bits per heavy atom. The van der Waals surface area contributed by atoms with Crippen molar-refractivity contribution in [2.75, 3.05) is 0 Å². The average Bonchev–Trinajstić information content (AvgIpc) is 2.11. The van der Waals surface area contributed by atoms with Gasteiger partial charge in [0.05, 0.1) is 6.04 Å². The average molecular weight is 241 g/mol. The van der Waals surface area contributed by atoms with Gasteiger partial charge in [0, 0.05) is 6.42 Å². The van der Waals surface area contributed by atoms with E-state index in [9.17, 15) is 9.59 Å². The molecule has 0 fully saturated rings. The summed E-state index contributed by atoms with van der Waals surface area (Å²) in [6.45, 7) is 8.65. The SMILES string of the molecule is C=C=CC(CCC(=O)O)NC(=O)OC(C)(C)C. The van der Waals surface area contributed by atoms with Crippen molar-refractivity contribution in [3.8, 4) is 0 Å². The van der Waals surface area contributed by atoms with Crippen LogP contribution in [0.2, 0.25) is 0 Å². The van der Waals surface area contributed by atoms with Gasteiger partial charge in [0.1, 0.15) is 5.60 Å². The summed E-state index contributed by atoms with van der Waals surface area (Å²) in [5.74, 6) is -0.918. The summed E-state index contributed by atoms with van der Waals surface area (Å²) in [4.78, 5) is 21.9. The fourth-order valence-corrected chi connectivity index (χ4v) is 1.08. The van der Waals surface area contributed by atoms with Gasteiger partial charge in [-0.2, -0.15) is 0 Å². The lowest BCUT2D eigenvalue weighted by Crippen LogP contribution is -2.38. The number of rotatable bonds is 5. The largest absolute Gasteiger partial charge is 0.481 e. The Balaban J connectivity index is 4.29. The van der Waals surface area contributed by atoms with Crippen LogP contribution in [-0.4, -0.2) is 28.8 Å². The van der Waals surface area contributed by atoms with Crippen molar-refractivity contribution in [2.45, 2.75) is 45.3 Å². The Morgan fingerprint density at radius 1 is 1.53 bits per heavy atom. The maximum atomic E-state index is 11.4. The molecule has 0 aliphatic rings. The highest BCUT2D eigenvalue weighted by Crippen LogP contribution is 2.08. The van der Waals surface area contributed by atoms with Crippen LogP contribution in [0.3, 0.4) is 0 Å². The highest BCUT2D eigenvalue weighted by molar-refractivity contribution is 5.69. The standard InChI is InChI=1S/C12H19NO4/c1-5-6-9(7-8-10(14)15)13-11(16)17-12(2,3)4/h6,9H,1,7-8H2,2-4H3,(H,13,16)(H,14,15). The fraction of sp³-hybridized carbons (Fsp3) is 0.583. The Kier molecular flexibility index (Phi) is 6.07. The zero-order valence-corrected chi connectivity index (χ0v) is 10.4. The van der Waals surface area contributed by atoms with Gasteiger partial charge >= 0.3 is 12.1 Å². The number of alkyl carbamates (subject to hydrolysis) is 1. The van der Waals surface area contributed by atoms with Crippen LogP contribution in [0.5, 0.6) is 0 Å². The van der Waals surface area contributed by atoms with Crippen molar-refractivity contribution in [1.29, 1.82) is 0 Å². The molecule has 1 amide bonds. The van der Waals surface area contributed by atoms with Crippen LogP contribution < -0.4 is 5.32 Å². The molecule has 0 radical (unpaired) electrons. The molecule has 0 aliphatic heterocycles. The van der Waals surface area contributed by atoms with E-state index in [2.05, 4.69) is 17.6 Å². The summed E-state index contributed by atoms with van der Waals surface area (Å²) in [5, 5.41) is 11.1. The highest BCUT2D eigenvalue weighted by Gasteiger charge is 2.18. The molecule has 2 N–H and O–H groups in total. The summed E-state index contributed by atoms with van der Waals surface area (Å²) in [6, 6.07) is -0.432. The number of amides is 1. The second-order valence-corrected chi connectivity index (χ2v) is 4.56. The maximum absolute atomic E-state index is 11.4. The summed E-state index contributed by atoms with van der Waals surface area (Å²) in [6.07, 6.45) is 1.15. The topological polar surface area (TPSA) is 75.6 Å². The predicted octanol–water partition coefficient (Wildman–Crippen LogP) is 2.09. The Morgan fingerprint density at radius 2 is 2.12 bits per heavy atom. The molecule has 5 heteroatoms. The third kappa shape index (κ3) is 9.20. The molecule has 0 spiro atoms. The van der Waals surface area contributed by atoms with Crippen LogP contribution in [0.15, 0.2) is 18.4 Å². The lowest BCUT2D eigenvalue weighted by atomic mass is 10.1. The number of carboxylic acids is 1. The normalized spacial score (nSPS) is 12.2. The third-order valence-electron chi connectivity index (χ3n) is 1.69. The quantitative estimate of drug-likeness (QED) is 0.722. The Labute approximate surface area is 101 Å². The first-order valence-electron chi connectivity index (χ1n) is 5.32. The van der Waals surface area contributed by atoms with Crippen LogP contribution in [0.1, 0.15) is 33.6 Å². The molecule has 0 aromatic heterocycles. The molecule has 96 valence electrons. The van der Waals surface area contributed by atoms with Crippen molar-refractivity contribution < 1.29 is 19.4 Å². The number of carbonyl (C=O) groups is 2. The number of nitrogens with one attached hydrogen (secondary N) is 1. The molecule has 1 atom stereocenters. The second kappa shape index (κ2) is 6.76. The number of hydrogen-bond donors (Lipinski definition) is 2. The van der Waals surface area contributed by atoms with E-state index < -0.39 is 23.7 Å². The molecule has 0 heterocycles. The molecule has 0 saturated carbocycles. The minimum atomic E-state index is -0.918. The van der Waals surface area contributed by atoms with Gasteiger partial charge in [0.25, 0.3) is 0 Å². The van der Waals surface area contributed by atoms with E-state index in [0.29, 0.717) is 0 Å². The van der Waals surface area contributed by atoms with Crippen molar-refractivity contribution in [2.24, 2.45) is 0 Å². The number of ether oxygens (including phenoxy) is 1. The molecule has 0 aliphatic carbocycles. The summed E-state index contributed by atoms with van der Waals surface area (Å²) in [5.41, 5.74) is 1.94. The van der Waals surface area contributed by atoms with E-state index in [1.54, 1.807) is 20.8 Å². The second-order valence-electron chi connectivity index (χ2n) is 4.56. The van der Waals surface area contributed by atoms with Gasteiger partial charge in [-0.25, -0.2) is 4.79 Å². The van der Waals surface area contributed by atoms with E-state index in [1.165, 1.54) is 6.08 Å². The van der Waals surface area contributed by atoms with E-state index in [4.69, 9.17) is 9.84 Å². The first-order valence-corrected chi connectivity index (χ1v) is 5.32. The van der Waals surface area contributed by atoms with Gasteiger partial charge in [-0.3, -0.25) is 4.79 Å². The number of carbonyl (C=O) groups excluding carboxylic acids is 1. The first kappa shape index (κ1) is 15.3. The lowest BCUT2D eigenvalue weighted by molar-refractivity contribution is -0.137. The van der Waals surface area contributed by atoms with E-state index in [1.807, 2.05) is 0 Å². The van der Waals surface area contributed by atoms with Crippen LogP contribution in [0.25, 0.3) is 0 Å². The minimum absolute atomic E-state index is 0.0430. The van der Waals surface area contributed by atoms with E-state index >= 15 is 0 Å². The first-order chi connectivity index (χ1) is 7.74. The molecular formula is C12H19NO4. The van der Waals surface area contributed by atoms with Gasteiger partial charge in [-0.15, -0.1) is 5.73 Å². The molecule has 0 aromatic carbocycles. The molecule has 17 heavy (non-hydrogen) atoms. The lowest BCUT2D eigenvalue weighted by Gasteiger charge is -2.21. The third-order valence-corrected chi connectivity index (χ3v) is 1.69. The van der Waals surface area contributed by atoms with Gasteiger partial charge in [0.15, 0.2) is 0 Å². The van der Waals surface area contributed by atoms with Crippen molar-refractivity contribution >= 4 is 12.1 Å². The zero-order chi connectivity index (χ0) is 13.5. The van der Waals surface area contributed by atoms with Crippen LogP contribution >= 0.6 is 0 Å². The molecule has 1 unspecified atom stereocenters. The van der Waals surface area contributed by atoms with Crippen LogP contribution in [0, 0.1) is 0 Å². The van der Waals surface area contributed by atoms with Crippen LogP contribution in [0.4, 0.5) is 4.79 Å². The van der Waals surface area contributed by atoms with E-state index in [-0.39, 0.29) is 12.8 Å². The Hall–Kier alpha value is -1.74. The number of hydrogen-bond acceptors (Lipinski definition) is 3.